The van der Waals surface area contributed by atoms with Gasteiger partial charge in [-0.05, 0) is 12.5 Å². The van der Waals surface area contributed by atoms with Gasteiger partial charge in [0.05, 0.1) is 5.92 Å². The molecule has 78 valence electrons. The quantitative estimate of drug-likeness (QED) is 0.521. The number of carbonyl (C=O) groups excluding carboxylic acids is 2. The molecule has 2 rings (SSSR count). The molecule has 1 unspecified atom stereocenters. The summed E-state index contributed by atoms with van der Waals surface area (Å²) in [7, 11) is 0. The molecular formula is C11H9FO3. The highest BCUT2D eigenvalue weighted by Gasteiger charge is 2.31. The van der Waals surface area contributed by atoms with Gasteiger partial charge >= 0.3 is 11.9 Å². The largest absolute Gasteiger partial charge is 0.393 e. The molecule has 1 aromatic rings. The molecule has 1 heterocycles. The van der Waals surface area contributed by atoms with E-state index in [0.717, 1.165) is 0 Å². The van der Waals surface area contributed by atoms with Crippen molar-refractivity contribution in [3.63, 3.8) is 0 Å². The highest BCUT2D eigenvalue weighted by molar-refractivity contribution is 5.92. The Labute approximate surface area is 85.9 Å². The van der Waals surface area contributed by atoms with Gasteiger partial charge in [0.25, 0.3) is 0 Å². The van der Waals surface area contributed by atoms with Crippen LogP contribution in [0.5, 0.6) is 0 Å². The Bertz CT molecular complexity index is 414. The molecule has 1 fully saturated rings. The molecule has 4 heteroatoms. The Hall–Kier alpha value is -1.71. The second-order valence-corrected chi connectivity index (χ2v) is 3.41. The number of ether oxygens (including phenoxy) is 1. The van der Waals surface area contributed by atoms with E-state index in [4.69, 9.17) is 0 Å². The Balaban J connectivity index is 2.28. The number of carbonyl (C=O) groups is 2. The van der Waals surface area contributed by atoms with Crippen LogP contribution < -0.4 is 0 Å². The van der Waals surface area contributed by atoms with Gasteiger partial charge in [-0.1, -0.05) is 18.2 Å². The lowest BCUT2D eigenvalue weighted by Gasteiger charge is -2.19. The van der Waals surface area contributed by atoms with E-state index >= 15 is 0 Å². The third kappa shape index (κ3) is 1.88. The average Bonchev–Trinajstić information content (AvgIpc) is 2.20. The lowest BCUT2D eigenvalue weighted by molar-refractivity contribution is -0.164. The van der Waals surface area contributed by atoms with E-state index in [-0.39, 0.29) is 6.42 Å². The number of halogens is 1. The monoisotopic (exact) mass is 208 g/mol. The minimum absolute atomic E-state index is 0.157. The first-order valence-corrected chi connectivity index (χ1v) is 4.67. The summed E-state index contributed by atoms with van der Waals surface area (Å²) in [5.41, 5.74) is 0.301. The van der Waals surface area contributed by atoms with E-state index in [1.165, 1.54) is 12.1 Å². The van der Waals surface area contributed by atoms with Crippen LogP contribution in [0.1, 0.15) is 24.3 Å². The zero-order valence-electron chi connectivity index (χ0n) is 7.90. The zero-order valence-corrected chi connectivity index (χ0v) is 7.90. The van der Waals surface area contributed by atoms with Crippen molar-refractivity contribution in [1.82, 2.24) is 0 Å². The summed E-state index contributed by atoms with van der Waals surface area (Å²) in [6.07, 6.45) is 0.476. The van der Waals surface area contributed by atoms with Crippen molar-refractivity contribution in [1.29, 1.82) is 0 Å². The Morgan fingerprint density at radius 2 is 2.00 bits per heavy atom. The van der Waals surface area contributed by atoms with Crippen LogP contribution >= 0.6 is 0 Å². The van der Waals surface area contributed by atoms with Crippen molar-refractivity contribution in [3.8, 4) is 0 Å². The summed E-state index contributed by atoms with van der Waals surface area (Å²) in [5.74, 6) is -2.28. The third-order valence-electron chi connectivity index (χ3n) is 2.42. The Morgan fingerprint density at radius 3 is 2.67 bits per heavy atom. The molecule has 0 bridgehead atoms. The van der Waals surface area contributed by atoms with Crippen LogP contribution in [-0.2, 0) is 14.3 Å². The maximum Gasteiger partial charge on any atom is 0.321 e. The molecule has 1 saturated heterocycles. The first-order chi connectivity index (χ1) is 7.18. The second kappa shape index (κ2) is 3.81. The van der Waals surface area contributed by atoms with Crippen LogP contribution in [0.4, 0.5) is 4.39 Å². The second-order valence-electron chi connectivity index (χ2n) is 3.41. The smallest absolute Gasteiger partial charge is 0.321 e. The number of hydrogen-bond acceptors (Lipinski definition) is 3. The molecule has 1 atom stereocenters. The Kier molecular flexibility index (Phi) is 2.49. The van der Waals surface area contributed by atoms with Gasteiger partial charge in [0.1, 0.15) is 5.82 Å². The van der Waals surface area contributed by atoms with Gasteiger partial charge in [-0.25, -0.2) is 4.39 Å². The van der Waals surface area contributed by atoms with Crippen LogP contribution in [0.2, 0.25) is 0 Å². The fraction of sp³-hybridized carbons (Fsp3) is 0.273. The SMILES string of the molecule is O=C1CCC(c2ccccc2F)C(=O)O1. The normalized spacial score (nSPS) is 21.3. The summed E-state index contributed by atoms with van der Waals surface area (Å²) >= 11 is 0. The molecule has 1 aromatic carbocycles. The van der Waals surface area contributed by atoms with Gasteiger partial charge in [-0.15, -0.1) is 0 Å². The van der Waals surface area contributed by atoms with Crippen molar-refractivity contribution in [2.45, 2.75) is 18.8 Å². The van der Waals surface area contributed by atoms with Gasteiger partial charge < -0.3 is 4.74 Å². The molecule has 1 aliphatic heterocycles. The maximum absolute atomic E-state index is 13.4. The van der Waals surface area contributed by atoms with Gasteiger partial charge in [-0.3, -0.25) is 9.59 Å². The highest BCUT2D eigenvalue weighted by atomic mass is 19.1. The molecule has 15 heavy (non-hydrogen) atoms. The molecule has 0 N–H and O–H groups in total. The van der Waals surface area contributed by atoms with Crippen molar-refractivity contribution >= 4 is 11.9 Å². The van der Waals surface area contributed by atoms with E-state index < -0.39 is 23.7 Å². The lowest BCUT2D eigenvalue weighted by atomic mass is 9.92. The molecule has 0 saturated carbocycles. The first kappa shape index (κ1) is 9.83. The number of cyclic esters (lactones) is 2. The van der Waals surface area contributed by atoms with Crippen LogP contribution in [0.15, 0.2) is 24.3 Å². The van der Waals surface area contributed by atoms with Crippen molar-refractivity contribution in [2.24, 2.45) is 0 Å². The Morgan fingerprint density at radius 1 is 1.27 bits per heavy atom. The predicted molar refractivity (Wildman–Crippen MR) is 49.5 cm³/mol. The van der Waals surface area contributed by atoms with Gasteiger partial charge in [0, 0.05) is 12.0 Å². The maximum atomic E-state index is 13.4. The van der Waals surface area contributed by atoms with E-state index in [9.17, 15) is 14.0 Å². The number of hydrogen-bond donors (Lipinski definition) is 0. The van der Waals surface area contributed by atoms with E-state index in [2.05, 4.69) is 4.74 Å². The zero-order chi connectivity index (χ0) is 10.8. The van der Waals surface area contributed by atoms with Crippen LogP contribution in [0.25, 0.3) is 0 Å². The molecule has 0 radical (unpaired) electrons. The number of rotatable bonds is 1. The molecule has 0 aromatic heterocycles. The minimum atomic E-state index is -0.656. The molecule has 0 amide bonds. The predicted octanol–water partition coefficient (Wildman–Crippen LogP) is 1.77. The average molecular weight is 208 g/mol. The van der Waals surface area contributed by atoms with Crippen molar-refractivity contribution in [3.05, 3.63) is 35.6 Å². The molecule has 0 aliphatic carbocycles. The lowest BCUT2D eigenvalue weighted by Crippen LogP contribution is -2.26. The molecule has 3 nitrogen and oxygen atoms in total. The standard InChI is InChI=1S/C11H9FO3/c12-9-4-2-1-3-7(9)8-5-6-10(13)15-11(8)14/h1-4,8H,5-6H2. The van der Waals surface area contributed by atoms with Crippen LogP contribution in [-0.4, -0.2) is 11.9 Å². The fourth-order valence-electron chi connectivity index (χ4n) is 1.65. The van der Waals surface area contributed by atoms with Crippen molar-refractivity contribution < 1.29 is 18.7 Å². The highest BCUT2D eigenvalue weighted by Crippen LogP contribution is 2.28. The summed E-state index contributed by atoms with van der Waals surface area (Å²) in [5, 5.41) is 0. The van der Waals surface area contributed by atoms with E-state index in [0.29, 0.717) is 12.0 Å². The minimum Gasteiger partial charge on any atom is -0.393 e. The molecule has 1 aliphatic rings. The topological polar surface area (TPSA) is 43.4 Å². The summed E-state index contributed by atoms with van der Waals surface area (Å²) < 4.78 is 17.8. The van der Waals surface area contributed by atoms with Crippen molar-refractivity contribution in [2.75, 3.05) is 0 Å². The van der Waals surface area contributed by atoms with Gasteiger partial charge in [-0.2, -0.15) is 0 Å². The molecule has 0 spiro atoms. The fourth-order valence-corrected chi connectivity index (χ4v) is 1.65. The third-order valence-corrected chi connectivity index (χ3v) is 2.42. The summed E-state index contributed by atoms with van der Waals surface area (Å²) in [6.45, 7) is 0. The first-order valence-electron chi connectivity index (χ1n) is 4.67. The van der Waals surface area contributed by atoms with Gasteiger partial charge in [0.15, 0.2) is 0 Å². The number of esters is 2. The summed E-state index contributed by atoms with van der Waals surface area (Å²) in [6, 6.07) is 6.04. The summed E-state index contributed by atoms with van der Waals surface area (Å²) in [4.78, 5) is 22.1. The molecular weight excluding hydrogens is 199 g/mol. The number of benzene rings is 1. The van der Waals surface area contributed by atoms with E-state index in [1.807, 2.05) is 0 Å². The van der Waals surface area contributed by atoms with E-state index in [1.54, 1.807) is 12.1 Å². The van der Waals surface area contributed by atoms with Crippen LogP contribution in [0.3, 0.4) is 0 Å². The van der Waals surface area contributed by atoms with Crippen LogP contribution in [0, 0.1) is 5.82 Å². The van der Waals surface area contributed by atoms with Gasteiger partial charge in [0.2, 0.25) is 0 Å².